The van der Waals surface area contributed by atoms with Crippen molar-refractivity contribution in [3.8, 4) is 0 Å². The summed E-state index contributed by atoms with van der Waals surface area (Å²) in [6.45, 7) is 3.09. The van der Waals surface area contributed by atoms with Gasteiger partial charge in [0.15, 0.2) is 0 Å². The van der Waals surface area contributed by atoms with E-state index in [4.69, 9.17) is 0 Å². The number of nitrogens with one attached hydrogen (secondary N) is 1. The molecule has 0 atom stereocenters. The van der Waals surface area contributed by atoms with Gasteiger partial charge in [-0.15, -0.1) is 0 Å². The Labute approximate surface area is 186 Å². The predicted octanol–water partition coefficient (Wildman–Crippen LogP) is 3.22. The molecule has 3 aromatic rings. The summed E-state index contributed by atoms with van der Waals surface area (Å²) < 4.78 is 1.87. The van der Waals surface area contributed by atoms with Crippen LogP contribution in [0.2, 0.25) is 0 Å². The SMILES string of the molecule is O=Cc1ccc(N2CCC(C(=O)N3CCC(n4c(=O)[nH]c5ccccc54)CC3)CC2)cc1. The molecule has 1 N–H and O–H groups in total. The number of carbonyl (C=O) groups excluding carboxylic acids is 2. The number of nitrogens with zero attached hydrogens (tertiary/aromatic N) is 3. The van der Waals surface area contributed by atoms with E-state index >= 15 is 0 Å². The van der Waals surface area contributed by atoms with E-state index in [0.29, 0.717) is 18.7 Å². The third-order valence-corrected chi connectivity index (χ3v) is 7.00. The number of H-pyrrole nitrogens is 1. The molecule has 5 rings (SSSR count). The average Bonchev–Trinajstić information content (AvgIpc) is 3.19. The van der Waals surface area contributed by atoms with Crippen molar-refractivity contribution >= 4 is 28.9 Å². The van der Waals surface area contributed by atoms with Gasteiger partial charge in [0.1, 0.15) is 6.29 Å². The molecule has 1 aromatic heterocycles. The number of anilines is 1. The Kier molecular flexibility index (Phi) is 5.55. The molecule has 2 aromatic carbocycles. The summed E-state index contributed by atoms with van der Waals surface area (Å²) in [5.41, 5.74) is 3.52. The van der Waals surface area contributed by atoms with Crippen LogP contribution in [0.1, 0.15) is 42.1 Å². The minimum absolute atomic E-state index is 0.0628. The summed E-state index contributed by atoms with van der Waals surface area (Å²) in [7, 11) is 0. The first kappa shape index (κ1) is 20.5. The quantitative estimate of drug-likeness (QED) is 0.642. The number of likely N-dealkylation sites (tertiary alicyclic amines) is 1. The molecule has 7 heteroatoms. The second-order valence-electron chi connectivity index (χ2n) is 8.84. The van der Waals surface area contributed by atoms with Gasteiger partial charge >= 0.3 is 5.69 Å². The van der Waals surface area contributed by atoms with Crippen LogP contribution in [-0.4, -0.2) is 52.8 Å². The summed E-state index contributed by atoms with van der Waals surface area (Å²) in [5, 5.41) is 0. The molecular weight excluding hydrogens is 404 g/mol. The van der Waals surface area contributed by atoms with Crippen LogP contribution in [0.3, 0.4) is 0 Å². The summed E-state index contributed by atoms with van der Waals surface area (Å²) in [6, 6.07) is 15.5. The molecule has 0 saturated carbocycles. The van der Waals surface area contributed by atoms with E-state index in [0.717, 1.165) is 61.8 Å². The number of piperidine rings is 2. The van der Waals surface area contributed by atoms with E-state index in [1.165, 1.54) is 0 Å². The fraction of sp³-hybridized carbons (Fsp3) is 0.400. The van der Waals surface area contributed by atoms with Crippen LogP contribution in [0.15, 0.2) is 53.3 Å². The Morgan fingerprint density at radius 2 is 1.59 bits per heavy atom. The maximum absolute atomic E-state index is 13.1. The number of carbonyl (C=O) groups is 2. The standard InChI is InChI=1S/C25H28N4O3/c30-17-18-5-7-20(8-6-18)27-13-9-19(10-14-27)24(31)28-15-11-21(12-16-28)29-23-4-2-1-3-22(23)26-25(29)32/h1-8,17,19,21H,9-16H2,(H,26,32). The molecule has 2 fully saturated rings. The molecule has 0 radical (unpaired) electrons. The third kappa shape index (κ3) is 3.83. The lowest BCUT2D eigenvalue weighted by Gasteiger charge is -2.38. The fourth-order valence-electron chi connectivity index (χ4n) is 5.19. The van der Waals surface area contributed by atoms with Crippen molar-refractivity contribution in [1.82, 2.24) is 14.5 Å². The van der Waals surface area contributed by atoms with Crippen LogP contribution < -0.4 is 10.6 Å². The van der Waals surface area contributed by atoms with E-state index in [2.05, 4.69) is 9.88 Å². The predicted molar refractivity (Wildman–Crippen MR) is 124 cm³/mol. The summed E-state index contributed by atoms with van der Waals surface area (Å²) in [5.74, 6) is 0.318. The summed E-state index contributed by atoms with van der Waals surface area (Å²) >= 11 is 0. The lowest BCUT2D eigenvalue weighted by molar-refractivity contribution is -0.137. The number of aromatic amines is 1. The molecule has 32 heavy (non-hydrogen) atoms. The lowest BCUT2D eigenvalue weighted by Crippen LogP contribution is -2.46. The highest BCUT2D eigenvalue weighted by Crippen LogP contribution is 2.29. The minimum atomic E-state index is -0.0653. The molecule has 0 bridgehead atoms. The number of aromatic nitrogens is 2. The Bertz CT molecular complexity index is 1160. The van der Waals surface area contributed by atoms with E-state index in [1.54, 1.807) is 0 Å². The maximum atomic E-state index is 13.1. The molecule has 0 unspecified atom stereocenters. The molecule has 2 aliphatic heterocycles. The topological polar surface area (TPSA) is 78.4 Å². The highest BCUT2D eigenvalue weighted by molar-refractivity contribution is 5.79. The van der Waals surface area contributed by atoms with E-state index in [-0.39, 0.29) is 23.6 Å². The Balaban J connectivity index is 1.17. The van der Waals surface area contributed by atoms with Gasteiger partial charge < -0.3 is 14.8 Å². The van der Waals surface area contributed by atoms with E-state index < -0.39 is 0 Å². The molecule has 2 aliphatic rings. The second kappa shape index (κ2) is 8.65. The van der Waals surface area contributed by atoms with Gasteiger partial charge in [0, 0.05) is 49.4 Å². The number of amides is 1. The van der Waals surface area contributed by atoms with Crippen LogP contribution in [-0.2, 0) is 4.79 Å². The largest absolute Gasteiger partial charge is 0.371 e. The molecule has 1 amide bonds. The van der Waals surface area contributed by atoms with Crippen molar-refractivity contribution in [3.05, 3.63) is 64.6 Å². The van der Waals surface area contributed by atoms with Gasteiger partial charge in [-0.05, 0) is 62.1 Å². The van der Waals surface area contributed by atoms with Gasteiger partial charge in [-0.25, -0.2) is 4.79 Å². The van der Waals surface area contributed by atoms with Crippen LogP contribution in [0.4, 0.5) is 5.69 Å². The summed E-state index contributed by atoms with van der Waals surface area (Å²) in [6.07, 6.45) is 4.14. The zero-order chi connectivity index (χ0) is 22.1. The van der Waals surface area contributed by atoms with Gasteiger partial charge in [-0.3, -0.25) is 14.2 Å². The van der Waals surface area contributed by atoms with Crippen LogP contribution >= 0.6 is 0 Å². The highest BCUT2D eigenvalue weighted by Gasteiger charge is 2.32. The number of rotatable bonds is 4. The van der Waals surface area contributed by atoms with Crippen molar-refractivity contribution in [1.29, 1.82) is 0 Å². The second-order valence-corrected chi connectivity index (χ2v) is 8.84. The normalized spacial score (nSPS) is 18.2. The lowest BCUT2D eigenvalue weighted by atomic mass is 9.93. The van der Waals surface area contributed by atoms with Crippen molar-refractivity contribution < 1.29 is 9.59 Å². The van der Waals surface area contributed by atoms with Crippen molar-refractivity contribution in [2.75, 3.05) is 31.1 Å². The molecular formula is C25H28N4O3. The number of hydrogen-bond acceptors (Lipinski definition) is 4. The van der Waals surface area contributed by atoms with Gasteiger partial charge in [0.25, 0.3) is 0 Å². The van der Waals surface area contributed by atoms with Crippen molar-refractivity contribution in [3.63, 3.8) is 0 Å². The summed E-state index contributed by atoms with van der Waals surface area (Å²) in [4.78, 5) is 43.7. The first-order valence-corrected chi connectivity index (χ1v) is 11.4. The van der Waals surface area contributed by atoms with Gasteiger partial charge in [-0.1, -0.05) is 12.1 Å². The van der Waals surface area contributed by atoms with Crippen LogP contribution in [0.25, 0.3) is 11.0 Å². The zero-order valence-corrected chi connectivity index (χ0v) is 18.1. The number of para-hydroxylation sites is 2. The number of benzene rings is 2. The molecule has 0 aliphatic carbocycles. The number of hydrogen-bond donors (Lipinski definition) is 1. The average molecular weight is 433 g/mol. The smallest absolute Gasteiger partial charge is 0.326 e. The Morgan fingerprint density at radius 1 is 0.906 bits per heavy atom. The third-order valence-electron chi connectivity index (χ3n) is 7.00. The fourth-order valence-corrected chi connectivity index (χ4v) is 5.19. The minimum Gasteiger partial charge on any atom is -0.371 e. The zero-order valence-electron chi connectivity index (χ0n) is 18.1. The molecule has 3 heterocycles. The van der Waals surface area contributed by atoms with E-state index in [9.17, 15) is 14.4 Å². The van der Waals surface area contributed by atoms with Gasteiger partial charge in [0.2, 0.25) is 5.91 Å². The molecule has 166 valence electrons. The van der Waals surface area contributed by atoms with Gasteiger partial charge in [0.05, 0.1) is 11.0 Å². The Hall–Kier alpha value is -3.35. The van der Waals surface area contributed by atoms with E-state index in [1.807, 2.05) is 58.0 Å². The number of aldehydes is 1. The maximum Gasteiger partial charge on any atom is 0.326 e. The first-order valence-electron chi connectivity index (χ1n) is 11.4. The van der Waals surface area contributed by atoms with Crippen LogP contribution in [0.5, 0.6) is 0 Å². The highest BCUT2D eigenvalue weighted by atomic mass is 16.2. The number of imidazole rings is 1. The first-order chi connectivity index (χ1) is 15.6. The monoisotopic (exact) mass is 432 g/mol. The van der Waals surface area contributed by atoms with Crippen molar-refractivity contribution in [2.45, 2.75) is 31.7 Å². The van der Waals surface area contributed by atoms with Crippen molar-refractivity contribution in [2.24, 2.45) is 5.92 Å². The number of fused-ring (bicyclic) bond motifs is 1. The molecule has 7 nitrogen and oxygen atoms in total. The molecule has 2 saturated heterocycles. The van der Waals surface area contributed by atoms with Crippen LogP contribution in [0, 0.1) is 5.92 Å². The molecule has 0 spiro atoms. The van der Waals surface area contributed by atoms with Gasteiger partial charge in [-0.2, -0.15) is 0 Å². The Morgan fingerprint density at radius 3 is 2.28 bits per heavy atom.